The molecule has 1 aromatic heterocycles. The van der Waals surface area contributed by atoms with Crippen LogP contribution in [0, 0.1) is 0 Å². The monoisotopic (exact) mass is 377 g/mol. The highest BCUT2D eigenvalue weighted by Gasteiger charge is 2.19. The van der Waals surface area contributed by atoms with Crippen molar-refractivity contribution in [3.05, 3.63) is 21.7 Å². The Labute approximate surface area is 150 Å². The Hall–Kier alpha value is -1.25. The Bertz CT molecular complexity index is 604. The molecule has 9 heteroatoms. The molecule has 1 amide bonds. The van der Waals surface area contributed by atoms with Gasteiger partial charge in [-0.05, 0) is 20.8 Å². The number of aromatic nitrogens is 1. The van der Waals surface area contributed by atoms with Gasteiger partial charge in [-0.1, -0.05) is 0 Å². The zero-order valence-electron chi connectivity index (χ0n) is 13.2. The molecular weight excluding hydrogens is 358 g/mol. The summed E-state index contributed by atoms with van der Waals surface area (Å²) in [5.41, 5.74) is 1.75. The van der Waals surface area contributed by atoms with E-state index >= 15 is 0 Å². The van der Waals surface area contributed by atoms with Gasteiger partial charge in [0.05, 0.1) is 31.1 Å². The molecule has 128 valence electrons. The number of thiazole rings is 1. The minimum atomic E-state index is -0.309. The number of hydrogen-bond acceptors (Lipinski definition) is 7. The molecule has 0 saturated carbocycles. The number of hydrogen-bond donors (Lipinski definition) is 1. The van der Waals surface area contributed by atoms with Crippen molar-refractivity contribution in [2.45, 2.75) is 27.2 Å². The fourth-order valence-electron chi connectivity index (χ4n) is 1.90. The predicted octanol–water partition coefficient (Wildman–Crippen LogP) is 2.87. The van der Waals surface area contributed by atoms with Gasteiger partial charge in [-0.3, -0.25) is 9.59 Å². The SMILES string of the molecule is CCOC(=O)Cc1csc(NC(=O)CN2CSC(C)=C2C)n1.Cl. The Kier molecular flexibility index (Phi) is 7.87. The number of allylic oxidation sites excluding steroid dienone is 2. The third-order valence-electron chi connectivity index (χ3n) is 3.18. The molecule has 2 rings (SSSR count). The number of thioether (sulfide) groups is 1. The highest BCUT2D eigenvalue weighted by molar-refractivity contribution is 8.03. The molecule has 0 spiro atoms. The maximum atomic E-state index is 12.0. The minimum absolute atomic E-state index is 0. The van der Waals surface area contributed by atoms with Crippen LogP contribution in [0.15, 0.2) is 16.0 Å². The lowest BCUT2D eigenvalue weighted by molar-refractivity contribution is -0.142. The molecule has 2 heterocycles. The van der Waals surface area contributed by atoms with Crippen molar-refractivity contribution >= 4 is 52.5 Å². The van der Waals surface area contributed by atoms with Crippen molar-refractivity contribution in [1.29, 1.82) is 0 Å². The number of rotatable bonds is 6. The maximum absolute atomic E-state index is 12.0. The van der Waals surface area contributed by atoms with Gasteiger partial charge in [-0.25, -0.2) is 4.98 Å². The first-order valence-corrected chi connectivity index (χ1v) is 8.81. The van der Waals surface area contributed by atoms with Crippen molar-refractivity contribution < 1.29 is 14.3 Å². The summed E-state index contributed by atoms with van der Waals surface area (Å²) in [6.07, 6.45) is 0.129. The van der Waals surface area contributed by atoms with Gasteiger partial charge in [0, 0.05) is 16.0 Å². The third kappa shape index (κ3) is 5.71. The number of amides is 1. The van der Waals surface area contributed by atoms with E-state index in [4.69, 9.17) is 4.74 Å². The molecule has 0 fully saturated rings. The van der Waals surface area contributed by atoms with Crippen LogP contribution in [0.2, 0.25) is 0 Å². The molecule has 1 N–H and O–H groups in total. The smallest absolute Gasteiger partial charge is 0.311 e. The molecule has 0 unspecified atom stereocenters. The summed E-state index contributed by atoms with van der Waals surface area (Å²) in [4.78, 5) is 30.9. The Morgan fingerprint density at radius 3 is 2.78 bits per heavy atom. The Morgan fingerprint density at radius 1 is 1.43 bits per heavy atom. The highest BCUT2D eigenvalue weighted by Crippen LogP contribution is 2.30. The number of halogens is 1. The number of nitrogens with zero attached hydrogens (tertiary/aromatic N) is 2. The van der Waals surface area contributed by atoms with Gasteiger partial charge < -0.3 is 15.0 Å². The quantitative estimate of drug-likeness (QED) is 0.768. The van der Waals surface area contributed by atoms with Gasteiger partial charge in [-0.2, -0.15) is 0 Å². The van der Waals surface area contributed by atoms with Crippen LogP contribution in [0.4, 0.5) is 5.13 Å². The van der Waals surface area contributed by atoms with E-state index < -0.39 is 0 Å². The zero-order chi connectivity index (χ0) is 16.1. The van der Waals surface area contributed by atoms with Crippen LogP contribution in [-0.4, -0.2) is 40.8 Å². The van der Waals surface area contributed by atoms with Gasteiger partial charge in [0.25, 0.3) is 0 Å². The van der Waals surface area contributed by atoms with Crippen molar-refractivity contribution in [2.75, 3.05) is 24.3 Å². The molecular formula is C14H20ClN3O3S2. The standard InChI is InChI=1S/C14H19N3O3S2.ClH/c1-4-20-13(19)5-11-7-21-14(15-11)16-12(18)6-17-8-22-10(3)9(17)2;/h7H,4-6,8H2,1-3H3,(H,15,16,18);1H. The van der Waals surface area contributed by atoms with E-state index in [1.54, 1.807) is 24.1 Å². The molecule has 1 aliphatic heterocycles. The van der Waals surface area contributed by atoms with E-state index in [1.807, 2.05) is 11.8 Å². The molecule has 1 aromatic rings. The van der Waals surface area contributed by atoms with Gasteiger partial charge in [-0.15, -0.1) is 35.5 Å². The van der Waals surface area contributed by atoms with Gasteiger partial charge in [0.1, 0.15) is 0 Å². The van der Waals surface area contributed by atoms with E-state index in [1.165, 1.54) is 16.2 Å². The van der Waals surface area contributed by atoms with E-state index in [2.05, 4.69) is 17.2 Å². The Balaban J connectivity index is 0.00000264. The van der Waals surface area contributed by atoms with Gasteiger partial charge >= 0.3 is 5.97 Å². The van der Waals surface area contributed by atoms with Crippen LogP contribution in [0.1, 0.15) is 26.5 Å². The summed E-state index contributed by atoms with van der Waals surface area (Å²) < 4.78 is 4.87. The topological polar surface area (TPSA) is 71.5 Å². The molecule has 0 atom stereocenters. The van der Waals surface area contributed by atoms with E-state index in [-0.39, 0.29) is 30.7 Å². The minimum Gasteiger partial charge on any atom is -0.466 e. The zero-order valence-corrected chi connectivity index (χ0v) is 15.7. The molecule has 0 bridgehead atoms. The van der Waals surface area contributed by atoms with Crippen LogP contribution < -0.4 is 5.32 Å². The summed E-state index contributed by atoms with van der Waals surface area (Å²) in [6, 6.07) is 0. The van der Waals surface area contributed by atoms with Crippen molar-refractivity contribution in [3.63, 3.8) is 0 Å². The molecule has 0 aromatic carbocycles. The molecule has 23 heavy (non-hydrogen) atoms. The summed E-state index contributed by atoms with van der Waals surface area (Å²) in [6.45, 7) is 6.50. The van der Waals surface area contributed by atoms with Crippen molar-refractivity contribution in [1.82, 2.24) is 9.88 Å². The second kappa shape index (κ2) is 9.14. The first-order valence-electron chi connectivity index (χ1n) is 6.94. The average Bonchev–Trinajstić information content (AvgIpc) is 3.00. The number of ether oxygens (including phenoxy) is 1. The molecule has 0 saturated heterocycles. The first-order chi connectivity index (χ1) is 10.5. The fourth-order valence-corrected chi connectivity index (χ4v) is 3.60. The van der Waals surface area contributed by atoms with Crippen LogP contribution in [-0.2, 0) is 20.7 Å². The van der Waals surface area contributed by atoms with Gasteiger partial charge in [0.2, 0.25) is 5.91 Å². The summed E-state index contributed by atoms with van der Waals surface area (Å²) in [7, 11) is 0. The molecule has 1 aliphatic rings. The lowest BCUT2D eigenvalue weighted by Crippen LogP contribution is -2.30. The predicted molar refractivity (Wildman–Crippen MR) is 95.9 cm³/mol. The lowest BCUT2D eigenvalue weighted by atomic mass is 10.3. The number of esters is 1. The molecule has 0 aliphatic carbocycles. The molecule has 6 nitrogen and oxygen atoms in total. The third-order valence-corrected chi connectivity index (χ3v) is 5.16. The Morgan fingerprint density at radius 2 is 2.17 bits per heavy atom. The summed E-state index contributed by atoms with van der Waals surface area (Å²) in [5, 5.41) is 5.04. The van der Waals surface area contributed by atoms with E-state index in [0.717, 1.165) is 11.6 Å². The van der Waals surface area contributed by atoms with Crippen molar-refractivity contribution in [2.24, 2.45) is 0 Å². The van der Waals surface area contributed by atoms with Crippen LogP contribution in [0.3, 0.4) is 0 Å². The van der Waals surface area contributed by atoms with E-state index in [0.29, 0.717) is 24.0 Å². The normalized spacial score (nSPS) is 13.8. The average molecular weight is 378 g/mol. The highest BCUT2D eigenvalue weighted by atomic mass is 35.5. The van der Waals surface area contributed by atoms with Gasteiger partial charge in [0.15, 0.2) is 5.13 Å². The van der Waals surface area contributed by atoms with Crippen LogP contribution in [0.5, 0.6) is 0 Å². The number of anilines is 1. The summed E-state index contributed by atoms with van der Waals surface area (Å²) >= 11 is 3.05. The van der Waals surface area contributed by atoms with Crippen molar-refractivity contribution in [3.8, 4) is 0 Å². The fraction of sp³-hybridized carbons (Fsp3) is 0.500. The second-order valence-corrected chi connectivity index (χ2v) is 6.80. The maximum Gasteiger partial charge on any atom is 0.311 e. The first kappa shape index (κ1) is 19.8. The number of carbonyl (C=O) groups excluding carboxylic acids is 2. The number of nitrogens with one attached hydrogen (secondary N) is 1. The summed E-state index contributed by atoms with van der Waals surface area (Å²) in [5.74, 6) is 0.388. The van der Waals surface area contributed by atoms with Crippen LogP contribution in [0.25, 0.3) is 0 Å². The second-order valence-electron chi connectivity index (χ2n) is 4.79. The number of carbonyl (C=O) groups is 2. The van der Waals surface area contributed by atoms with E-state index in [9.17, 15) is 9.59 Å². The lowest BCUT2D eigenvalue weighted by Gasteiger charge is -2.17. The molecule has 0 radical (unpaired) electrons. The van der Waals surface area contributed by atoms with Crippen LogP contribution >= 0.6 is 35.5 Å². The largest absolute Gasteiger partial charge is 0.466 e.